The van der Waals surface area contributed by atoms with Crippen molar-refractivity contribution in [3.63, 3.8) is 0 Å². The zero-order valence-corrected chi connectivity index (χ0v) is 14.6. The summed E-state index contributed by atoms with van der Waals surface area (Å²) in [7, 11) is 1.49. The number of fused-ring (bicyclic) bond motifs is 1. The van der Waals surface area contributed by atoms with E-state index in [0.717, 1.165) is 5.56 Å². The van der Waals surface area contributed by atoms with Crippen molar-refractivity contribution >= 4 is 17.4 Å². The molecule has 1 aromatic heterocycles. The number of H-pyrrole nitrogens is 1. The molecule has 0 radical (unpaired) electrons. The van der Waals surface area contributed by atoms with E-state index in [0.29, 0.717) is 22.6 Å². The lowest BCUT2D eigenvalue weighted by Crippen LogP contribution is -2.22. The first-order valence-corrected chi connectivity index (χ1v) is 8.45. The van der Waals surface area contributed by atoms with Crippen molar-refractivity contribution in [3.8, 4) is 17.6 Å². The minimum atomic E-state index is -0.964. The fourth-order valence-electron chi connectivity index (χ4n) is 3.20. The summed E-state index contributed by atoms with van der Waals surface area (Å²) in [5.74, 6) is 4.94. The zero-order chi connectivity index (χ0) is 18.8. The van der Waals surface area contributed by atoms with Crippen LogP contribution in [0.4, 0.5) is 5.69 Å². The number of carbonyl (C=O) groups is 2. The minimum Gasteiger partial charge on any atom is -0.494 e. The smallest absolute Gasteiger partial charge is 0.240 e. The number of carbonyl (C=O) groups excluding carboxylic acids is 2. The first-order chi connectivity index (χ1) is 13.2. The third-order valence-electron chi connectivity index (χ3n) is 4.47. The van der Waals surface area contributed by atoms with Gasteiger partial charge < -0.3 is 15.0 Å². The van der Waals surface area contributed by atoms with Crippen LogP contribution in [0.1, 0.15) is 33.1 Å². The van der Waals surface area contributed by atoms with Crippen LogP contribution in [-0.2, 0) is 4.79 Å². The molecule has 3 aromatic rings. The molecule has 5 nitrogen and oxygen atoms in total. The van der Waals surface area contributed by atoms with Crippen LogP contribution in [0, 0.1) is 11.8 Å². The lowest BCUT2D eigenvalue weighted by molar-refractivity contribution is -0.116. The Morgan fingerprint density at radius 1 is 1.04 bits per heavy atom. The van der Waals surface area contributed by atoms with Crippen LogP contribution in [0.2, 0.25) is 0 Å². The summed E-state index contributed by atoms with van der Waals surface area (Å²) in [4.78, 5) is 28.5. The summed E-state index contributed by atoms with van der Waals surface area (Å²) in [6.07, 6.45) is 1.61. The molecular formula is C22H16N2O3. The number of methoxy groups -OCH3 is 1. The molecule has 0 fully saturated rings. The number of hydrogen-bond donors (Lipinski definition) is 2. The molecule has 0 saturated heterocycles. The summed E-state index contributed by atoms with van der Waals surface area (Å²) in [5.41, 5.74) is 3.01. The third-order valence-corrected chi connectivity index (χ3v) is 4.47. The molecule has 2 heterocycles. The van der Waals surface area contributed by atoms with Gasteiger partial charge in [-0.3, -0.25) is 9.59 Å². The van der Waals surface area contributed by atoms with Crippen molar-refractivity contribution in [2.75, 3.05) is 12.4 Å². The minimum absolute atomic E-state index is 0.274. The third kappa shape index (κ3) is 2.98. The molecule has 4 rings (SSSR count). The van der Waals surface area contributed by atoms with Crippen LogP contribution in [0.25, 0.3) is 0 Å². The average Bonchev–Trinajstić information content (AvgIpc) is 3.30. The Bertz CT molecular complexity index is 1090. The highest BCUT2D eigenvalue weighted by atomic mass is 16.5. The van der Waals surface area contributed by atoms with E-state index >= 15 is 0 Å². The van der Waals surface area contributed by atoms with Gasteiger partial charge in [0.2, 0.25) is 5.91 Å². The number of ketones is 1. The molecule has 0 saturated carbocycles. The Morgan fingerprint density at radius 3 is 2.63 bits per heavy atom. The molecule has 1 aliphatic rings. The number of aromatic nitrogens is 1. The second-order valence-corrected chi connectivity index (χ2v) is 6.09. The van der Waals surface area contributed by atoms with Gasteiger partial charge in [-0.2, -0.15) is 0 Å². The van der Waals surface area contributed by atoms with Gasteiger partial charge in [0, 0.05) is 28.6 Å². The second kappa shape index (κ2) is 6.85. The number of nitrogens with one attached hydrogen (secondary N) is 2. The topological polar surface area (TPSA) is 71.2 Å². The Labute approximate surface area is 156 Å². The standard InChI is InChI=1S/C22H16N2O3/c1-27-17-12-13-23-20(17)21(25)19-18-15(8-5-9-16(18)24-22(19)26)11-10-14-6-3-2-4-7-14/h2-9,12-13,19,23H,1H3,(H,24,26). The molecule has 0 spiro atoms. The highest BCUT2D eigenvalue weighted by molar-refractivity contribution is 6.22. The number of benzene rings is 2. The van der Waals surface area contributed by atoms with Gasteiger partial charge in [0.25, 0.3) is 0 Å². The molecule has 27 heavy (non-hydrogen) atoms. The molecule has 1 aliphatic heterocycles. The maximum atomic E-state index is 13.1. The lowest BCUT2D eigenvalue weighted by Gasteiger charge is -2.10. The van der Waals surface area contributed by atoms with Crippen molar-refractivity contribution < 1.29 is 14.3 Å². The normalized spacial score (nSPS) is 14.7. The molecule has 5 heteroatoms. The van der Waals surface area contributed by atoms with E-state index < -0.39 is 5.92 Å². The van der Waals surface area contributed by atoms with Crippen molar-refractivity contribution in [1.82, 2.24) is 4.98 Å². The Morgan fingerprint density at radius 2 is 1.85 bits per heavy atom. The summed E-state index contributed by atoms with van der Waals surface area (Å²) in [6.45, 7) is 0. The van der Waals surface area contributed by atoms with E-state index in [1.807, 2.05) is 42.5 Å². The summed E-state index contributed by atoms with van der Waals surface area (Å²) in [6, 6.07) is 16.6. The predicted molar refractivity (Wildman–Crippen MR) is 102 cm³/mol. The van der Waals surface area contributed by atoms with Crippen molar-refractivity contribution in [2.45, 2.75) is 5.92 Å². The molecule has 1 amide bonds. The van der Waals surface area contributed by atoms with Crippen LogP contribution >= 0.6 is 0 Å². The fourth-order valence-corrected chi connectivity index (χ4v) is 3.20. The molecule has 1 unspecified atom stereocenters. The monoisotopic (exact) mass is 356 g/mol. The van der Waals surface area contributed by atoms with E-state index in [1.54, 1.807) is 18.3 Å². The quantitative estimate of drug-likeness (QED) is 0.430. The highest BCUT2D eigenvalue weighted by Crippen LogP contribution is 2.38. The summed E-state index contributed by atoms with van der Waals surface area (Å²) in [5, 5.41) is 2.78. The second-order valence-electron chi connectivity index (χ2n) is 6.09. The SMILES string of the molecule is COc1cc[nH]c1C(=O)C1C(=O)Nc2cccc(C#Cc3ccccc3)c21. The van der Waals surface area contributed by atoms with Gasteiger partial charge >= 0.3 is 0 Å². The maximum absolute atomic E-state index is 13.1. The van der Waals surface area contributed by atoms with Crippen LogP contribution in [0.3, 0.4) is 0 Å². The van der Waals surface area contributed by atoms with Crippen molar-refractivity contribution in [1.29, 1.82) is 0 Å². The summed E-state index contributed by atoms with van der Waals surface area (Å²) >= 11 is 0. The van der Waals surface area contributed by atoms with Gasteiger partial charge in [-0.25, -0.2) is 0 Å². The Kier molecular flexibility index (Phi) is 4.23. The number of hydrogen-bond acceptors (Lipinski definition) is 3. The van der Waals surface area contributed by atoms with Gasteiger partial charge in [0.1, 0.15) is 17.4 Å². The van der Waals surface area contributed by atoms with Crippen LogP contribution < -0.4 is 10.1 Å². The molecule has 0 aliphatic carbocycles. The van der Waals surface area contributed by atoms with E-state index in [-0.39, 0.29) is 17.4 Å². The molecule has 0 bridgehead atoms. The number of anilines is 1. The summed E-state index contributed by atoms with van der Waals surface area (Å²) < 4.78 is 5.21. The van der Waals surface area contributed by atoms with Crippen molar-refractivity contribution in [3.05, 3.63) is 83.2 Å². The van der Waals surface area contributed by atoms with Gasteiger partial charge in [-0.05, 0) is 30.3 Å². The van der Waals surface area contributed by atoms with Crippen LogP contribution in [0.5, 0.6) is 5.75 Å². The van der Waals surface area contributed by atoms with E-state index in [2.05, 4.69) is 22.1 Å². The number of ether oxygens (including phenoxy) is 1. The molecule has 2 aromatic carbocycles. The average molecular weight is 356 g/mol. The maximum Gasteiger partial charge on any atom is 0.240 e. The number of Topliss-reactive ketones (excluding diaryl/α,β-unsaturated/α-hetero) is 1. The van der Waals surface area contributed by atoms with Crippen molar-refractivity contribution in [2.24, 2.45) is 0 Å². The van der Waals surface area contributed by atoms with Crippen LogP contribution in [-0.4, -0.2) is 23.8 Å². The molecular weight excluding hydrogens is 340 g/mol. The van der Waals surface area contributed by atoms with Gasteiger partial charge in [0.05, 0.1) is 7.11 Å². The first-order valence-electron chi connectivity index (χ1n) is 8.45. The number of rotatable bonds is 3. The predicted octanol–water partition coefficient (Wildman–Crippen LogP) is 3.34. The van der Waals surface area contributed by atoms with E-state index in [9.17, 15) is 9.59 Å². The molecule has 132 valence electrons. The Hall–Kier alpha value is -3.78. The molecule has 1 atom stereocenters. The Balaban J connectivity index is 1.78. The number of amides is 1. The van der Waals surface area contributed by atoms with E-state index in [4.69, 9.17) is 4.74 Å². The van der Waals surface area contributed by atoms with Crippen LogP contribution in [0.15, 0.2) is 60.8 Å². The van der Waals surface area contributed by atoms with Gasteiger partial charge in [0.15, 0.2) is 5.78 Å². The highest BCUT2D eigenvalue weighted by Gasteiger charge is 2.39. The fraction of sp³-hybridized carbons (Fsp3) is 0.0909. The van der Waals surface area contributed by atoms with Gasteiger partial charge in [-0.1, -0.05) is 36.1 Å². The van der Waals surface area contributed by atoms with E-state index in [1.165, 1.54) is 7.11 Å². The zero-order valence-electron chi connectivity index (χ0n) is 14.6. The molecule has 2 N–H and O–H groups in total. The van der Waals surface area contributed by atoms with Gasteiger partial charge in [-0.15, -0.1) is 0 Å². The lowest BCUT2D eigenvalue weighted by atomic mass is 9.90. The number of aromatic amines is 1. The largest absolute Gasteiger partial charge is 0.494 e. The first kappa shape index (κ1) is 16.7.